The number of rotatable bonds is 3. The van der Waals surface area contributed by atoms with Crippen molar-refractivity contribution in [1.82, 2.24) is 4.98 Å². The van der Waals surface area contributed by atoms with Gasteiger partial charge in [0.1, 0.15) is 10.8 Å². The second kappa shape index (κ2) is 5.63. The first-order valence-electron chi connectivity index (χ1n) is 6.16. The average molecular weight is 265 g/mol. The molecule has 0 amide bonds. The number of nitrogens with zero attached hydrogens (tertiary/aromatic N) is 2. The van der Waals surface area contributed by atoms with Gasteiger partial charge in [-0.2, -0.15) is 0 Å². The fraction of sp³-hybridized carbons (Fsp3) is 0.538. The first kappa shape index (κ1) is 13.2. The molecule has 98 valence electrons. The maximum atomic E-state index is 5.82. The molecule has 0 saturated carbocycles. The van der Waals surface area contributed by atoms with Crippen molar-refractivity contribution in [3.05, 3.63) is 23.4 Å². The molecule has 2 heterocycles. The summed E-state index contributed by atoms with van der Waals surface area (Å²) in [5, 5.41) is 0. The number of aromatic nitrogens is 1. The van der Waals surface area contributed by atoms with Crippen LogP contribution in [0, 0.1) is 6.92 Å². The number of ether oxygens (including phenoxy) is 1. The first-order valence-corrected chi connectivity index (χ1v) is 6.57. The second-order valence-electron chi connectivity index (χ2n) is 4.64. The molecule has 0 aromatic carbocycles. The summed E-state index contributed by atoms with van der Waals surface area (Å²) >= 11 is 5.14. The standard InChI is InChI=1S/C13H19N3OS/c1-9-5-6-15-13(11(9)12(14)18)16-7-3-4-10(8-16)17-2/h5-6,10H,3-4,7-8H2,1-2H3,(H2,14,18). The maximum Gasteiger partial charge on any atom is 0.139 e. The monoisotopic (exact) mass is 265 g/mol. The molecule has 1 atom stereocenters. The number of piperidine rings is 1. The summed E-state index contributed by atoms with van der Waals surface area (Å²) in [6, 6.07) is 1.94. The number of aryl methyl sites for hydroxylation is 1. The minimum Gasteiger partial charge on any atom is -0.389 e. The molecule has 1 aromatic rings. The van der Waals surface area contributed by atoms with Gasteiger partial charge in [-0.05, 0) is 31.4 Å². The van der Waals surface area contributed by atoms with Crippen LogP contribution < -0.4 is 10.6 Å². The predicted molar refractivity (Wildman–Crippen MR) is 77.1 cm³/mol. The van der Waals surface area contributed by atoms with Crippen LogP contribution in [0.3, 0.4) is 0 Å². The van der Waals surface area contributed by atoms with Crippen LogP contribution in [0.25, 0.3) is 0 Å². The van der Waals surface area contributed by atoms with E-state index < -0.39 is 0 Å². The molecule has 18 heavy (non-hydrogen) atoms. The Balaban J connectivity index is 2.32. The van der Waals surface area contributed by atoms with E-state index in [0.29, 0.717) is 4.99 Å². The summed E-state index contributed by atoms with van der Waals surface area (Å²) in [5.41, 5.74) is 7.79. The highest BCUT2D eigenvalue weighted by molar-refractivity contribution is 7.80. The predicted octanol–water partition coefficient (Wildman–Crippen LogP) is 1.64. The van der Waals surface area contributed by atoms with Gasteiger partial charge in [-0.15, -0.1) is 0 Å². The summed E-state index contributed by atoms with van der Waals surface area (Å²) in [6.07, 6.45) is 4.27. The minimum absolute atomic E-state index is 0.264. The van der Waals surface area contributed by atoms with Crippen molar-refractivity contribution in [3.63, 3.8) is 0 Å². The van der Waals surface area contributed by atoms with Gasteiger partial charge in [0, 0.05) is 26.4 Å². The smallest absolute Gasteiger partial charge is 0.139 e. The number of anilines is 1. The molecule has 0 radical (unpaired) electrons. The van der Waals surface area contributed by atoms with Gasteiger partial charge in [0.2, 0.25) is 0 Å². The number of pyridine rings is 1. The second-order valence-corrected chi connectivity index (χ2v) is 5.08. The van der Waals surface area contributed by atoms with Gasteiger partial charge in [-0.25, -0.2) is 4.98 Å². The Bertz CT molecular complexity index is 450. The third kappa shape index (κ3) is 2.62. The zero-order valence-electron chi connectivity index (χ0n) is 10.8. The summed E-state index contributed by atoms with van der Waals surface area (Å²) < 4.78 is 5.44. The summed E-state index contributed by atoms with van der Waals surface area (Å²) in [6.45, 7) is 3.84. The van der Waals surface area contributed by atoms with E-state index in [2.05, 4.69) is 9.88 Å². The number of hydrogen-bond donors (Lipinski definition) is 1. The largest absolute Gasteiger partial charge is 0.389 e. The SMILES string of the molecule is COC1CCCN(c2nccc(C)c2C(N)=S)C1. The molecule has 2 N–H and O–H groups in total. The topological polar surface area (TPSA) is 51.4 Å². The Kier molecular flexibility index (Phi) is 4.14. The van der Waals surface area contributed by atoms with Gasteiger partial charge < -0.3 is 15.4 Å². The van der Waals surface area contributed by atoms with Gasteiger partial charge in [0.15, 0.2) is 0 Å². The van der Waals surface area contributed by atoms with Crippen LogP contribution >= 0.6 is 12.2 Å². The fourth-order valence-corrected chi connectivity index (χ4v) is 2.66. The number of nitrogens with two attached hydrogens (primary N) is 1. The van der Waals surface area contributed by atoms with E-state index in [1.54, 1.807) is 7.11 Å². The summed E-state index contributed by atoms with van der Waals surface area (Å²) in [5.74, 6) is 0.893. The Morgan fingerprint density at radius 1 is 1.61 bits per heavy atom. The van der Waals surface area contributed by atoms with Gasteiger partial charge >= 0.3 is 0 Å². The molecule has 0 aliphatic carbocycles. The van der Waals surface area contributed by atoms with Crippen molar-refractivity contribution in [2.45, 2.75) is 25.9 Å². The molecule has 1 unspecified atom stereocenters. The van der Waals surface area contributed by atoms with Crippen molar-refractivity contribution < 1.29 is 4.74 Å². The maximum absolute atomic E-state index is 5.82. The minimum atomic E-state index is 0.264. The molecule has 4 nitrogen and oxygen atoms in total. The lowest BCUT2D eigenvalue weighted by atomic mass is 10.1. The average Bonchev–Trinajstić information content (AvgIpc) is 2.38. The van der Waals surface area contributed by atoms with Gasteiger partial charge in [0.05, 0.1) is 11.7 Å². The Morgan fingerprint density at radius 3 is 3.06 bits per heavy atom. The number of methoxy groups -OCH3 is 1. The third-order valence-electron chi connectivity index (χ3n) is 3.40. The van der Waals surface area contributed by atoms with E-state index in [0.717, 1.165) is 42.9 Å². The number of hydrogen-bond acceptors (Lipinski definition) is 4. The zero-order chi connectivity index (χ0) is 13.1. The van der Waals surface area contributed by atoms with Crippen LogP contribution in [-0.4, -0.2) is 36.3 Å². The first-order chi connectivity index (χ1) is 8.63. The zero-order valence-corrected chi connectivity index (χ0v) is 11.7. The molecule has 0 bridgehead atoms. The van der Waals surface area contributed by atoms with Crippen molar-refractivity contribution in [3.8, 4) is 0 Å². The lowest BCUT2D eigenvalue weighted by molar-refractivity contribution is 0.0891. The van der Waals surface area contributed by atoms with Crippen LogP contribution in [0.1, 0.15) is 24.0 Å². The van der Waals surface area contributed by atoms with Crippen molar-refractivity contribution >= 4 is 23.0 Å². The van der Waals surface area contributed by atoms with Gasteiger partial charge in [-0.3, -0.25) is 0 Å². The number of thiocarbonyl (C=S) groups is 1. The molecule has 1 fully saturated rings. The van der Waals surface area contributed by atoms with E-state index in [4.69, 9.17) is 22.7 Å². The van der Waals surface area contributed by atoms with Crippen molar-refractivity contribution in [1.29, 1.82) is 0 Å². The normalized spacial score (nSPS) is 19.9. The van der Waals surface area contributed by atoms with Crippen LogP contribution in [0.5, 0.6) is 0 Å². The molecule has 1 aliphatic rings. The molecule has 0 spiro atoms. The Morgan fingerprint density at radius 2 is 2.39 bits per heavy atom. The lowest BCUT2D eigenvalue weighted by Crippen LogP contribution is -2.40. The highest BCUT2D eigenvalue weighted by Gasteiger charge is 2.23. The fourth-order valence-electron chi connectivity index (χ4n) is 2.41. The van der Waals surface area contributed by atoms with E-state index in [1.165, 1.54) is 0 Å². The quantitative estimate of drug-likeness (QED) is 0.842. The van der Waals surface area contributed by atoms with E-state index >= 15 is 0 Å². The molecule has 5 heteroatoms. The highest BCUT2D eigenvalue weighted by Crippen LogP contribution is 2.24. The summed E-state index contributed by atoms with van der Waals surface area (Å²) in [7, 11) is 1.76. The van der Waals surface area contributed by atoms with Crippen molar-refractivity contribution in [2.75, 3.05) is 25.1 Å². The van der Waals surface area contributed by atoms with Gasteiger partial charge in [-0.1, -0.05) is 12.2 Å². The lowest BCUT2D eigenvalue weighted by Gasteiger charge is -2.34. The molecular formula is C13H19N3OS. The molecule has 1 saturated heterocycles. The Hall–Kier alpha value is -1.20. The molecular weight excluding hydrogens is 246 g/mol. The van der Waals surface area contributed by atoms with Crippen LogP contribution in [0.4, 0.5) is 5.82 Å². The summed E-state index contributed by atoms with van der Waals surface area (Å²) in [4.78, 5) is 7.09. The van der Waals surface area contributed by atoms with Crippen LogP contribution in [-0.2, 0) is 4.74 Å². The van der Waals surface area contributed by atoms with E-state index in [1.807, 2.05) is 19.2 Å². The molecule has 2 rings (SSSR count). The van der Waals surface area contributed by atoms with Gasteiger partial charge in [0.25, 0.3) is 0 Å². The molecule has 1 aliphatic heterocycles. The third-order valence-corrected chi connectivity index (χ3v) is 3.60. The van der Waals surface area contributed by atoms with E-state index in [-0.39, 0.29) is 6.10 Å². The Labute approximate surface area is 113 Å². The van der Waals surface area contributed by atoms with Crippen LogP contribution in [0.15, 0.2) is 12.3 Å². The highest BCUT2D eigenvalue weighted by atomic mass is 32.1. The molecule has 1 aromatic heterocycles. The van der Waals surface area contributed by atoms with Crippen molar-refractivity contribution in [2.24, 2.45) is 5.73 Å². The van der Waals surface area contributed by atoms with Crippen LogP contribution in [0.2, 0.25) is 0 Å². The van der Waals surface area contributed by atoms with E-state index in [9.17, 15) is 0 Å².